The van der Waals surface area contributed by atoms with E-state index in [0.717, 1.165) is 23.6 Å². The van der Waals surface area contributed by atoms with Gasteiger partial charge in [0.25, 0.3) is 0 Å². The molecular formula is C17H21NO4. The number of carbonyl (C=O) groups is 1. The third-order valence-electron chi connectivity index (χ3n) is 3.12. The minimum atomic E-state index is -0.309. The van der Waals surface area contributed by atoms with Gasteiger partial charge in [-0.05, 0) is 31.2 Å². The van der Waals surface area contributed by atoms with E-state index in [2.05, 4.69) is 5.32 Å². The lowest BCUT2D eigenvalue weighted by Crippen LogP contribution is -2.18. The number of hydrogen-bond acceptors (Lipinski definition) is 5. The molecule has 1 N–H and O–H groups in total. The van der Waals surface area contributed by atoms with Gasteiger partial charge >= 0.3 is 5.97 Å². The van der Waals surface area contributed by atoms with Crippen LogP contribution in [-0.4, -0.2) is 32.8 Å². The van der Waals surface area contributed by atoms with Crippen LogP contribution in [0.1, 0.15) is 23.0 Å². The molecule has 5 heteroatoms. The van der Waals surface area contributed by atoms with Crippen LogP contribution < -0.4 is 5.32 Å². The third-order valence-corrected chi connectivity index (χ3v) is 3.12. The van der Waals surface area contributed by atoms with Gasteiger partial charge in [-0.25, -0.2) is 4.79 Å². The Balaban J connectivity index is 1.97. The monoisotopic (exact) mass is 303 g/mol. The molecule has 0 radical (unpaired) electrons. The zero-order valence-corrected chi connectivity index (χ0v) is 12.9. The van der Waals surface area contributed by atoms with Gasteiger partial charge in [0.2, 0.25) is 0 Å². The maximum absolute atomic E-state index is 11.6. The van der Waals surface area contributed by atoms with Gasteiger partial charge in [-0.15, -0.1) is 0 Å². The summed E-state index contributed by atoms with van der Waals surface area (Å²) in [6, 6.07) is 11.1. The van der Waals surface area contributed by atoms with Crippen LogP contribution in [0.15, 0.2) is 40.8 Å². The van der Waals surface area contributed by atoms with Gasteiger partial charge in [-0.2, -0.15) is 0 Å². The number of nitrogens with one attached hydrogen (secondary N) is 1. The molecule has 0 amide bonds. The van der Waals surface area contributed by atoms with Gasteiger partial charge < -0.3 is 19.2 Å². The van der Waals surface area contributed by atoms with E-state index >= 15 is 0 Å². The number of methoxy groups -OCH3 is 1. The van der Waals surface area contributed by atoms with Gasteiger partial charge in [0.05, 0.1) is 25.3 Å². The summed E-state index contributed by atoms with van der Waals surface area (Å²) in [5, 5.41) is 3.23. The fourth-order valence-electron chi connectivity index (χ4n) is 2.00. The molecule has 0 bridgehead atoms. The second-order valence-corrected chi connectivity index (χ2v) is 4.73. The van der Waals surface area contributed by atoms with E-state index in [1.807, 2.05) is 24.3 Å². The van der Waals surface area contributed by atoms with Crippen LogP contribution in [0.2, 0.25) is 0 Å². The van der Waals surface area contributed by atoms with Crippen molar-refractivity contribution < 1.29 is 18.7 Å². The van der Waals surface area contributed by atoms with Crippen molar-refractivity contribution >= 4 is 5.97 Å². The first-order valence-electron chi connectivity index (χ1n) is 7.30. The van der Waals surface area contributed by atoms with Crippen molar-refractivity contribution in [3.05, 3.63) is 47.7 Å². The summed E-state index contributed by atoms with van der Waals surface area (Å²) in [4.78, 5) is 11.6. The average Bonchev–Trinajstić information content (AvgIpc) is 3.01. The fraction of sp³-hybridized carbons (Fsp3) is 0.353. The zero-order chi connectivity index (χ0) is 15.8. The molecule has 0 aliphatic rings. The SMILES string of the molecule is CCOC(=O)c1ccc(-c2ccc(CNCCOC)o2)cc1. The molecule has 0 unspecified atom stereocenters. The first-order valence-corrected chi connectivity index (χ1v) is 7.30. The highest BCUT2D eigenvalue weighted by Crippen LogP contribution is 2.22. The lowest BCUT2D eigenvalue weighted by Gasteiger charge is -2.03. The van der Waals surface area contributed by atoms with Crippen molar-refractivity contribution in [2.45, 2.75) is 13.5 Å². The van der Waals surface area contributed by atoms with Gasteiger partial charge in [-0.1, -0.05) is 12.1 Å². The third kappa shape index (κ3) is 4.44. The summed E-state index contributed by atoms with van der Waals surface area (Å²) < 4.78 is 15.7. The Labute approximate surface area is 130 Å². The van der Waals surface area contributed by atoms with Crippen molar-refractivity contribution in [1.82, 2.24) is 5.32 Å². The highest BCUT2D eigenvalue weighted by molar-refractivity contribution is 5.89. The Kier molecular flexibility index (Phi) is 6.18. The molecule has 5 nitrogen and oxygen atoms in total. The molecule has 2 aromatic rings. The predicted octanol–water partition coefficient (Wildman–Crippen LogP) is 2.86. The number of hydrogen-bond donors (Lipinski definition) is 1. The first-order chi connectivity index (χ1) is 10.7. The Morgan fingerprint density at radius 3 is 2.64 bits per heavy atom. The summed E-state index contributed by atoms with van der Waals surface area (Å²) in [6.07, 6.45) is 0. The van der Waals surface area contributed by atoms with Crippen LogP contribution in [0.4, 0.5) is 0 Å². The largest absolute Gasteiger partial charge is 0.462 e. The maximum atomic E-state index is 11.6. The number of rotatable bonds is 8. The van der Waals surface area contributed by atoms with E-state index in [1.54, 1.807) is 26.2 Å². The van der Waals surface area contributed by atoms with Crippen LogP contribution in [-0.2, 0) is 16.0 Å². The molecule has 0 atom stereocenters. The molecule has 0 spiro atoms. The summed E-state index contributed by atoms with van der Waals surface area (Å²) in [7, 11) is 1.67. The van der Waals surface area contributed by atoms with E-state index in [4.69, 9.17) is 13.9 Å². The Morgan fingerprint density at radius 2 is 1.95 bits per heavy atom. The second kappa shape index (κ2) is 8.36. The molecule has 0 saturated heterocycles. The van der Waals surface area contributed by atoms with E-state index < -0.39 is 0 Å². The summed E-state index contributed by atoms with van der Waals surface area (Å²) in [6.45, 7) is 4.27. The van der Waals surface area contributed by atoms with Gasteiger partial charge in [0.15, 0.2) is 0 Å². The molecule has 1 aromatic carbocycles. The van der Waals surface area contributed by atoms with E-state index in [1.165, 1.54) is 0 Å². The van der Waals surface area contributed by atoms with Crippen LogP contribution in [0.5, 0.6) is 0 Å². The van der Waals surface area contributed by atoms with Crippen molar-refractivity contribution in [2.24, 2.45) is 0 Å². The number of furan rings is 1. The smallest absolute Gasteiger partial charge is 0.338 e. The number of ether oxygens (including phenoxy) is 2. The topological polar surface area (TPSA) is 60.7 Å². The molecule has 0 aliphatic carbocycles. The standard InChI is InChI=1S/C17H21NO4/c1-3-21-17(19)14-6-4-13(5-7-14)16-9-8-15(22-16)12-18-10-11-20-2/h4-9,18H,3,10-12H2,1-2H3. The van der Waals surface area contributed by atoms with Gasteiger partial charge in [0, 0.05) is 19.2 Å². The van der Waals surface area contributed by atoms with E-state index in [-0.39, 0.29) is 5.97 Å². The Bertz CT molecular complexity index is 589. The molecule has 118 valence electrons. The Hall–Kier alpha value is -2.11. The van der Waals surface area contributed by atoms with Crippen LogP contribution in [0.3, 0.4) is 0 Å². The highest BCUT2D eigenvalue weighted by atomic mass is 16.5. The van der Waals surface area contributed by atoms with Crippen molar-refractivity contribution in [3.8, 4) is 11.3 Å². The predicted molar refractivity (Wildman–Crippen MR) is 83.7 cm³/mol. The van der Waals surface area contributed by atoms with Gasteiger partial charge in [0.1, 0.15) is 11.5 Å². The lowest BCUT2D eigenvalue weighted by atomic mass is 10.1. The normalized spacial score (nSPS) is 10.6. The number of esters is 1. The number of carbonyl (C=O) groups excluding carboxylic acids is 1. The van der Waals surface area contributed by atoms with Crippen molar-refractivity contribution in [2.75, 3.05) is 26.9 Å². The maximum Gasteiger partial charge on any atom is 0.338 e. The van der Waals surface area contributed by atoms with Crippen molar-refractivity contribution in [3.63, 3.8) is 0 Å². The van der Waals surface area contributed by atoms with E-state index in [0.29, 0.717) is 25.3 Å². The Morgan fingerprint density at radius 1 is 1.18 bits per heavy atom. The summed E-state index contributed by atoms with van der Waals surface area (Å²) in [5.74, 6) is 1.33. The van der Waals surface area contributed by atoms with Crippen LogP contribution >= 0.6 is 0 Å². The minimum absolute atomic E-state index is 0.309. The molecule has 0 saturated carbocycles. The average molecular weight is 303 g/mol. The molecule has 1 heterocycles. The zero-order valence-electron chi connectivity index (χ0n) is 12.9. The summed E-state index contributed by atoms with van der Waals surface area (Å²) >= 11 is 0. The molecule has 22 heavy (non-hydrogen) atoms. The van der Waals surface area contributed by atoms with Crippen molar-refractivity contribution in [1.29, 1.82) is 0 Å². The molecule has 2 rings (SSSR count). The lowest BCUT2D eigenvalue weighted by molar-refractivity contribution is 0.0526. The second-order valence-electron chi connectivity index (χ2n) is 4.73. The highest BCUT2D eigenvalue weighted by Gasteiger charge is 2.08. The quantitative estimate of drug-likeness (QED) is 0.600. The molecular weight excluding hydrogens is 282 g/mol. The van der Waals surface area contributed by atoms with E-state index in [9.17, 15) is 4.79 Å². The summed E-state index contributed by atoms with van der Waals surface area (Å²) in [5.41, 5.74) is 1.47. The molecule has 1 aromatic heterocycles. The van der Waals surface area contributed by atoms with Crippen LogP contribution in [0.25, 0.3) is 11.3 Å². The minimum Gasteiger partial charge on any atom is -0.462 e. The number of benzene rings is 1. The molecule has 0 fully saturated rings. The fourth-order valence-corrected chi connectivity index (χ4v) is 2.00. The first kappa shape index (κ1) is 16.3. The van der Waals surface area contributed by atoms with Crippen LogP contribution in [0, 0.1) is 0 Å². The molecule has 0 aliphatic heterocycles. The van der Waals surface area contributed by atoms with Gasteiger partial charge in [-0.3, -0.25) is 0 Å².